The SMILES string of the molecule is Cc1cc(Nc2ccc(Oc3ccc(S(=O)(=O)CC(CC(=O)O)c4ccccc4)cc3)cc2)nc2ccccc12. The molecule has 0 aliphatic heterocycles. The number of aryl methyl sites for hydroxylation is 1. The Hall–Kier alpha value is -4.69. The van der Waals surface area contributed by atoms with Crippen molar-refractivity contribution in [1.29, 1.82) is 0 Å². The summed E-state index contributed by atoms with van der Waals surface area (Å²) in [6, 6.07) is 32.4. The quantitative estimate of drug-likeness (QED) is 0.190. The first-order chi connectivity index (χ1) is 19.3. The number of pyridine rings is 1. The van der Waals surface area contributed by atoms with Crippen molar-refractivity contribution in [3.05, 3.63) is 120 Å². The van der Waals surface area contributed by atoms with Gasteiger partial charge in [0.2, 0.25) is 0 Å². The first-order valence-electron chi connectivity index (χ1n) is 12.8. The van der Waals surface area contributed by atoms with Crippen LogP contribution in [0.15, 0.2) is 114 Å². The van der Waals surface area contributed by atoms with Crippen LogP contribution in [-0.4, -0.2) is 30.2 Å². The van der Waals surface area contributed by atoms with Crippen molar-refractivity contribution in [2.75, 3.05) is 11.1 Å². The molecule has 5 rings (SSSR count). The number of ether oxygens (including phenoxy) is 1. The minimum Gasteiger partial charge on any atom is -0.481 e. The fourth-order valence-corrected chi connectivity index (χ4v) is 6.17. The fraction of sp³-hybridized carbons (Fsp3) is 0.125. The standard InChI is InChI=1S/C32H28N2O5S/c1-22-19-31(34-30-10-6-5-9-29(22)30)33-25-11-13-26(14-12-25)39-27-15-17-28(18-16-27)40(37,38)21-24(20-32(35)36)23-7-3-2-4-8-23/h2-19,24H,20-21H2,1H3,(H,33,34)(H,35,36). The molecule has 0 amide bonds. The van der Waals surface area contributed by atoms with E-state index in [9.17, 15) is 18.3 Å². The van der Waals surface area contributed by atoms with E-state index in [-0.39, 0.29) is 17.1 Å². The molecule has 0 saturated heterocycles. The molecule has 5 aromatic rings. The van der Waals surface area contributed by atoms with Gasteiger partial charge in [0.1, 0.15) is 17.3 Å². The summed E-state index contributed by atoms with van der Waals surface area (Å²) in [5.74, 6) is -0.174. The van der Waals surface area contributed by atoms with Crippen LogP contribution in [0.4, 0.5) is 11.5 Å². The zero-order valence-corrected chi connectivity index (χ0v) is 22.6. The van der Waals surface area contributed by atoms with E-state index in [1.165, 1.54) is 12.1 Å². The van der Waals surface area contributed by atoms with Gasteiger partial charge in [-0.15, -0.1) is 0 Å². The number of rotatable bonds is 10. The molecule has 0 fully saturated rings. The molecule has 0 saturated carbocycles. The second-order valence-corrected chi connectivity index (χ2v) is 11.6. The minimum absolute atomic E-state index is 0.115. The third-order valence-corrected chi connectivity index (χ3v) is 8.41. The van der Waals surface area contributed by atoms with Gasteiger partial charge in [-0.1, -0.05) is 48.5 Å². The lowest BCUT2D eigenvalue weighted by Gasteiger charge is -2.16. The van der Waals surface area contributed by atoms with E-state index in [0.29, 0.717) is 17.1 Å². The second-order valence-electron chi connectivity index (χ2n) is 9.55. The molecule has 0 radical (unpaired) electrons. The number of carboxylic acid groups (broad SMARTS) is 1. The number of hydrogen-bond acceptors (Lipinski definition) is 6. The number of hydrogen-bond donors (Lipinski definition) is 2. The van der Waals surface area contributed by atoms with E-state index < -0.39 is 21.7 Å². The number of aromatic nitrogens is 1. The Kier molecular flexibility index (Phi) is 7.79. The lowest BCUT2D eigenvalue weighted by atomic mass is 9.98. The monoisotopic (exact) mass is 552 g/mol. The summed E-state index contributed by atoms with van der Waals surface area (Å²) in [5.41, 5.74) is 3.59. The van der Waals surface area contributed by atoms with E-state index in [4.69, 9.17) is 4.74 Å². The largest absolute Gasteiger partial charge is 0.481 e. The molecule has 1 aromatic heterocycles. The van der Waals surface area contributed by atoms with Crippen LogP contribution < -0.4 is 10.1 Å². The summed E-state index contributed by atoms with van der Waals surface area (Å²) in [4.78, 5) is 16.2. The maximum Gasteiger partial charge on any atom is 0.303 e. The first kappa shape index (κ1) is 26.9. The van der Waals surface area contributed by atoms with Gasteiger partial charge in [-0.2, -0.15) is 0 Å². The molecule has 7 nitrogen and oxygen atoms in total. The van der Waals surface area contributed by atoms with Crippen LogP contribution in [0, 0.1) is 6.92 Å². The van der Waals surface area contributed by atoms with Crippen LogP contribution in [0.3, 0.4) is 0 Å². The van der Waals surface area contributed by atoms with Gasteiger partial charge >= 0.3 is 5.97 Å². The number of nitrogens with zero attached hydrogens (tertiary/aromatic N) is 1. The Bertz CT molecular complexity index is 1740. The van der Waals surface area contributed by atoms with E-state index in [0.717, 1.165) is 28.0 Å². The van der Waals surface area contributed by atoms with E-state index >= 15 is 0 Å². The highest BCUT2D eigenvalue weighted by molar-refractivity contribution is 7.91. The number of aliphatic carboxylic acids is 1. The Balaban J connectivity index is 1.24. The Morgan fingerprint density at radius 3 is 2.17 bits per heavy atom. The molecular formula is C32H28N2O5S. The van der Waals surface area contributed by atoms with Crippen molar-refractivity contribution in [3.63, 3.8) is 0 Å². The number of fused-ring (bicyclic) bond motifs is 1. The molecule has 0 bridgehead atoms. The molecule has 2 N–H and O–H groups in total. The molecule has 1 heterocycles. The van der Waals surface area contributed by atoms with Gasteiger partial charge in [0, 0.05) is 17.0 Å². The summed E-state index contributed by atoms with van der Waals surface area (Å²) in [6.45, 7) is 2.06. The van der Waals surface area contributed by atoms with Crippen LogP contribution in [0.25, 0.3) is 10.9 Å². The summed E-state index contributed by atoms with van der Waals surface area (Å²) in [7, 11) is -3.73. The number of sulfone groups is 1. The molecule has 0 aliphatic rings. The van der Waals surface area contributed by atoms with Crippen molar-refractivity contribution in [3.8, 4) is 11.5 Å². The van der Waals surface area contributed by atoms with Crippen LogP contribution in [0.5, 0.6) is 11.5 Å². The number of carbonyl (C=O) groups is 1. The Labute approximate surface area is 233 Å². The number of para-hydroxylation sites is 1. The van der Waals surface area contributed by atoms with Gasteiger partial charge in [0.15, 0.2) is 9.84 Å². The molecule has 1 atom stereocenters. The topological polar surface area (TPSA) is 106 Å². The maximum absolute atomic E-state index is 13.1. The predicted molar refractivity (Wildman–Crippen MR) is 156 cm³/mol. The average Bonchev–Trinajstić information content (AvgIpc) is 2.94. The number of benzene rings is 4. The lowest BCUT2D eigenvalue weighted by Crippen LogP contribution is -2.18. The lowest BCUT2D eigenvalue weighted by molar-refractivity contribution is -0.137. The predicted octanol–water partition coefficient (Wildman–Crippen LogP) is 7.11. The van der Waals surface area contributed by atoms with Crippen molar-refractivity contribution in [2.45, 2.75) is 24.2 Å². The molecule has 8 heteroatoms. The third kappa shape index (κ3) is 6.47. The molecule has 40 heavy (non-hydrogen) atoms. The molecular weight excluding hydrogens is 524 g/mol. The first-order valence-corrected chi connectivity index (χ1v) is 14.4. The van der Waals surface area contributed by atoms with Gasteiger partial charge in [-0.3, -0.25) is 4.79 Å². The second kappa shape index (κ2) is 11.6. The summed E-state index contributed by atoms with van der Waals surface area (Å²) >= 11 is 0. The highest BCUT2D eigenvalue weighted by Gasteiger charge is 2.25. The smallest absolute Gasteiger partial charge is 0.303 e. The highest BCUT2D eigenvalue weighted by atomic mass is 32.2. The van der Waals surface area contributed by atoms with Crippen molar-refractivity contribution >= 4 is 38.2 Å². The average molecular weight is 553 g/mol. The maximum atomic E-state index is 13.1. The normalized spacial score (nSPS) is 12.1. The van der Waals surface area contributed by atoms with Gasteiger partial charge < -0.3 is 15.2 Å². The van der Waals surface area contributed by atoms with Crippen molar-refractivity contribution < 1.29 is 23.1 Å². The molecule has 4 aromatic carbocycles. The van der Waals surface area contributed by atoms with E-state index in [1.54, 1.807) is 36.4 Å². The fourth-order valence-electron chi connectivity index (χ4n) is 4.59. The van der Waals surface area contributed by atoms with Crippen LogP contribution in [-0.2, 0) is 14.6 Å². The van der Waals surface area contributed by atoms with Crippen molar-refractivity contribution in [2.24, 2.45) is 0 Å². The molecule has 0 spiro atoms. The van der Waals surface area contributed by atoms with Gasteiger partial charge in [-0.05, 0) is 78.7 Å². The summed E-state index contributed by atoms with van der Waals surface area (Å²) in [5, 5.41) is 13.7. The van der Waals surface area contributed by atoms with E-state index in [2.05, 4.69) is 23.3 Å². The number of nitrogens with one attached hydrogen (secondary N) is 1. The third-order valence-electron chi connectivity index (χ3n) is 6.58. The van der Waals surface area contributed by atoms with Gasteiger partial charge in [-0.25, -0.2) is 13.4 Å². The molecule has 0 aliphatic carbocycles. The van der Waals surface area contributed by atoms with E-state index in [1.807, 2.05) is 54.6 Å². The zero-order chi connectivity index (χ0) is 28.1. The Morgan fingerprint density at radius 1 is 0.875 bits per heavy atom. The zero-order valence-electron chi connectivity index (χ0n) is 21.8. The van der Waals surface area contributed by atoms with Gasteiger partial charge in [0.25, 0.3) is 0 Å². The summed E-state index contributed by atoms with van der Waals surface area (Å²) in [6.07, 6.45) is -0.272. The highest BCUT2D eigenvalue weighted by Crippen LogP contribution is 2.29. The number of carboxylic acids is 1. The molecule has 1 unspecified atom stereocenters. The minimum atomic E-state index is -3.73. The molecule has 202 valence electrons. The van der Waals surface area contributed by atoms with Crippen LogP contribution >= 0.6 is 0 Å². The van der Waals surface area contributed by atoms with Crippen LogP contribution in [0.1, 0.15) is 23.5 Å². The van der Waals surface area contributed by atoms with Crippen LogP contribution in [0.2, 0.25) is 0 Å². The number of anilines is 2. The Morgan fingerprint density at radius 2 is 1.50 bits per heavy atom. The van der Waals surface area contributed by atoms with Crippen molar-refractivity contribution in [1.82, 2.24) is 4.98 Å². The summed E-state index contributed by atoms with van der Waals surface area (Å²) < 4.78 is 32.1. The van der Waals surface area contributed by atoms with Gasteiger partial charge in [0.05, 0.1) is 22.6 Å².